The first-order valence-corrected chi connectivity index (χ1v) is 7.15. The van der Waals surface area contributed by atoms with Gasteiger partial charge in [0.05, 0.1) is 23.5 Å². The highest BCUT2D eigenvalue weighted by molar-refractivity contribution is 5.92. The molecule has 1 atom stereocenters. The Morgan fingerprint density at radius 2 is 2.13 bits per heavy atom. The fraction of sp³-hybridized carbons (Fsp3) is 0.400. The minimum Gasteiger partial charge on any atom is -0.324 e. The van der Waals surface area contributed by atoms with Crippen LogP contribution in [-0.2, 0) is 4.79 Å². The third kappa shape index (κ3) is 4.43. The van der Waals surface area contributed by atoms with E-state index in [0.29, 0.717) is 0 Å². The number of nitrogens with zero attached hydrogens (tertiary/aromatic N) is 3. The molecule has 126 valence electrons. The number of aromatic nitrogens is 3. The number of carbonyl (C=O) groups excluding carboxylic acids is 1. The monoisotopic (exact) mass is 357 g/mol. The molecule has 1 unspecified atom stereocenters. The second kappa shape index (κ2) is 8.29. The summed E-state index contributed by atoms with van der Waals surface area (Å²) in [5.74, 6) is 0.863. The summed E-state index contributed by atoms with van der Waals surface area (Å²) in [7, 11) is 0. The van der Waals surface area contributed by atoms with Crippen molar-refractivity contribution in [2.75, 3.05) is 18.4 Å². The van der Waals surface area contributed by atoms with E-state index in [1.54, 1.807) is 10.9 Å². The second-order valence-corrected chi connectivity index (χ2v) is 5.42. The molecule has 3 rings (SSSR count). The van der Waals surface area contributed by atoms with Gasteiger partial charge in [-0.25, -0.2) is 9.67 Å². The Morgan fingerprint density at radius 1 is 1.35 bits per heavy atom. The molecule has 0 aliphatic carbocycles. The molecule has 2 N–H and O–H groups in total. The zero-order valence-electron chi connectivity index (χ0n) is 13.1. The minimum atomic E-state index is 0. The lowest BCUT2D eigenvalue weighted by Crippen LogP contribution is -2.24. The minimum absolute atomic E-state index is 0. The van der Waals surface area contributed by atoms with Crippen LogP contribution in [0.2, 0.25) is 0 Å². The van der Waals surface area contributed by atoms with Gasteiger partial charge in [-0.2, -0.15) is 5.10 Å². The summed E-state index contributed by atoms with van der Waals surface area (Å²) >= 11 is 0. The number of carbonyl (C=O) groups is 1. The van der Waals surface area contributed by atoms with Crippen LogP contribution in [0.5, 0.6) is 0 Å². The second-order valence-electron chi connectivity index (χ2n) is 5.42. The topological polar surface area (TPSA) is 71.8 Å². The smallest absolute Gasteiger partial charge is 0.228 e. The first-order chi connectivity index (χ1) is 10.1. The van der Waals surface area contributed by atoms with Gasteiger partial charge in [0.25, 0.3) is 0 Å². The van der Waals surface area contributed by atoms with Gasteiger partial charge in [0.15, 0.2) is 5.82 Å². The lowest BCUT2D eigenvalue weighted by atomic mass is 10.1. The summed E-state index contributed by atoms with van der Waals surface area (Å²) < 4.78 is 1.79. The molecule has 0 spiro atoms. The fourth-order valence-corrected chi connectivity index (χ4v) is 2.57. The summed E-state index contributed by atoms with van der Waals surface area (Å²) in [5.41, 5.74) is 2.71. The van der Waals surface area contributed by atoms with Crippen molar-refractivity contribution in [3.63, 3.8) is 0 Å². The standard InChI is InChI=1S/C15H19N5O.2ClH/c1-10-7-11(2)20(19-10)14-4-3-13(9-17-14)18-15(21)12-5-6-16-8-12;;/h3-4,7,9,12,16H,5-6,8H2,1-2H3,(H,18,21);2*1H. The Balaban J connectivity index is 0.00000132. The van der Waals surface area contributed by atoms with Gasteiger partial charge in [-0.3, -0.25) is 4.79 Å². The van der Waals surface area contributed by atoms with Crippen LogP contribution in [0.25, 0.3) is 5.82 Å². The molecular formula is C15H21Cl2N5O. The Hall–Kier alpha value is -1.63. The molecule has 1 saturated heterocycles. The van der Waals surface area contributed by atoms with E-state index in [0.717, 1.165) is 42.4 Å². The predicted molar refractivity (Wildman–Crippen MR) is 94.9 cm³/mol. The van der Waals surface area contributed by atoms with Crippen LogP contribution in [0, 0.1) is 19.8 Å². The number of pyridine rings is 1. The molecule has 23 heavy (non-hydrogen) atoms. The van der Waals surface area contributed by atoms with Crippen molar-refractivity contribution >= 4 is 36.4 Å². The Bertz CT molecular complexity index is 650. The lowest BCUT2D eigenvalue weighted by molar-refractivity contribution is -0.119. The zero-order valence-corrected chi connectivity index (χ0v) is 14.7. The van der Waals surface area contributed by atoms with Crippen molar-refractivity contribution in [1.82, 2.24) is 20.1 Å². The largest absolute Gasteiger partial charge is 0.324 e. The molecule has 3 heterocycles. The number of rotatable bonds is 3. The van der Waals surface area contributed by atoms with Gasteiger partial charge in [-0.15, -0.1) is 24.8 Å². The molecule has 1 aliphatic rings. The quantitative estimate of drug-likeness (QED) is 0.883. The third-order valence-electron chi connectivity index (χ3n) is 3.67. The van der Waals surface area contributed by atoms with Crippen LogP contribution in [0.3, 0.4) is 0 Å². The summed E-state index contributed by atoms with van der Waals surface area (Å²) in [6.45, 7) is 5.61. The highest BCUT2D eigenvalue weighted by Gasteiger charge is 2.22. The average Bonchev–Trinajstić information content (AvgIpc) is 3.09. The highest BCUT2D eigenvalue weighted by Crippen LogP contribution is 2.15. The molecule has 2 aromatic rings. The molecular weight excluding hydrogens is 337 g/mol. The van der Waals surface area contributed by atoms with E-state index >= 15 is 0 Å². The molecule has 6 nitrogen and oxygen atoms in total. The number of hydrogen-bond donors (Lipinski definition) is 2. The van der Waals surface area contributed by atoms with Gasteiger partial charge in [0, 0.05) is 12.2 Å². The van der Waals surface area contributed by atoms with E-state index in [9.17, 15) is 4.79 Å². The molecule has 0 saturated carbocycles. The molecule has 0 aromatic carbocycles. The maximum atomic E-state index is 12.0. The number of anilines is 1. The number of amides is 1. The van der Waals surface area contributed by atoms with Crippen LogP contribution in [0.15, 0.2) is 24.4 Å². The van der Waals surface area contributed by atoms with E-state index in [-0.39, 0.29) is 36.6 Å². The molecule has 1 fully saturated rings. The summed E-state index contributed by atoms with van der Waals surface area (Å²) in [6.07, 6.45) is 2.56. The zero-order chi connectivity index (χ0) is 14.8. The highest BCUT2D eigenvalue weighted by atomic mass is 35.5. The van der Waals surface area contributed by atoms with Crippen molar-refractivity contribution in [2.24, 2.45) is 5.92 Å². The molecule has 1 amide bonds. The summed E-state index contributed by atoms with van der Waals surface area (Å²) in [5, 5.41) is 10.5. The number of hydrogen-bond acceptors (Lipinski definition) is 4. The van der Waals surface area contributed by atoms with Gasteiger partial charge in [-0.1, -0.05) is 0 Å². The van der Waals surface area contributed by atoms with Crippen LogP contribution >= 0.6 is 24.8 Å². The molecule has 0 radical (unpaired) electrons. The first kappa shape index (κ1) is 19.4. The Morgan fingerprint density at radius 3 is 2.65 bits per heavy atom. The molecule has 8 heteroatoms. The maximum absolute atomic E-state index is 12.0. The van der Waals surface area contributed by atoms with Crippen molar-refractivity contribution in [3.05, 3.63) is 35.8 Å². The molecule has 1 aliphatic heterocycles. The van der Waals surface area contributed by atoms with Crippen molar-refractivity contribution in [2.45, 2.75) is 20.3 Å². The van der Waals surface area contributed by atoms with Gasteiger partial charge in [0.2, 0.25) is 5.91 Å². The van der Waals surface area contributed by atoms with E-state index in [2.05, 4.69) is 20.7 Å². The lowest BCUT2D eigenvalue weighted by Gasteiger charge is -2.10. The number of aryl methyl sites for hydroxylation is 2. The molecule has 0 bridgehead atoms. The Kier molecular flexibility index (Phi) is 7.00. The SMILES string of the molecule is Cc1cc(C)n(-c2ccc(NC(=O)C3CCNC3)cn2)n1.Cl.Cl. The molecule has 2 aromatic heterocycles. The van der Waals surface area contributed by atoms with E-state index in [1.165, 1.54) is 0 Å². The third-order valence-corrected chi connectivity index (χ3v) is 3.67. The average molecular weight is 358 g/mol. The van der Waals surface area contributed by atoms with Crippen LogP contribution in [-0.4, -0.2) is 33.8 Å². The van der Waals surface area contributed by atoms with Crippen molar-refractivity contribution in [1.29, 1.82) is 0 Å². The van der Waals surface area contributed by atoms with E-state index < -0.39 is 0 Å². The Labute approximate surface area is 147 Å². The van der Waals surface area contributed by atoms with Crippen LogP contribution < -0.4 is 10.6 Å². The van der Waals surface area contributed by atoms with Gasteiger partial charge < -0.3 is 10.6 Å². The van der Waals surface area contributed by atoms with Crippen molar-refractivity contribution in [3.8, 4) is 5.82 Å². The summed E-state index contributed by atoms with van der Waals surface area (Å²) in [4.78, 5) is 16.4. The van der Waals surface area contributed by atoms with Crippen molar-refractivity contribution < 1.29 is 4.79 Å². The van der Waals surface area contributed by atoms with Gasteiger partial charge >= 0.3 is 0 Å². The normalized spacial score (nSPS) is 16.3. The van der Waals surface area contributed by atoms with Crippen LogP contribution in [0.4, 0.5) is 5.69 Å². The van der Waals surface area contributed by atoms with E-state index in [1.807, 2.05) is 32.0 Å². The van der Waals surface area contributed by atoms with Crippen LogP contribution in [0.1, 0.15) is 17.8 Å². The fourth-order valence-electron chi connectivity index (χ4n) is 2.57. The van der Waals surface area contributed by atoms with Gasteiger partial charge in [0.1, 0.15) is 0 Å². The van der Waals surface area contributed by atoms with E-state index in [4.69, 9.17) is 0 Å². The summed E-state index contributed by atoms with van der Waals surface area (Å²) in [6, 6.07) is 5.73. The number of nitrogens with one attached hydrogen (secondary N) is 2. The maximum Gasteiger partial charge on any atom is 0.228 e. The predicted octanol–water partition coefficient (Wildman–Crippen LogP) is 2.28. The van der Waals surface area contributed by atoms with Gasteiger partial charge in [-0.05, 0) is 45.0 Å². The first-order valence-electron chi connectivity index (χ1n) is 7.15. The number of halogens is 2.